The molecule has 2 N–H and O–H groups in total. The number of hydrogen-bond acceptors (Lipinski definition) is 6. The molecule has 2 aromatic rings. The minimum Gasteiger partial charge on any atom is -0.478 e. The SMILES string of the molecule is Cc1c(-c2ccc([N+](=O)[O-])cc2)sc(NC=CC(=O)C(C)C)c1C(=O)O. The molecule has 0 atom stereocenters. The van der Waals surface area contributed by atoms with Crippen LogP contribution in [0.2, 0.25) is 0 Å². The van der Waals surface area contributed by atoms with E-state index in [-0.39, 0.29) is 23.0 Å². The molecule has 0 aliphatic rings. The van der Waals surface area contributed by atoms with Crippen molar-refractivity contribution in [3.8, 4) is 10.4 Å². The number of nitro groups is 1. The molecule has 136 valence electrons. The molecule has 1 heterocycles. The lowest BCUT2D eigenvalue weighted by Gasteiger charge is -2.01. The first kappa shape index (κ1) is 19.3. The standard InChI is InChI=1S/C18H18N2O5S/c1-10(2)14(21)8-9-19-17-15(18(22)23)11(3)16(26-17)12-4-6-13(7-5-12)20(24)25/h4-10,19H,1-3H3,(H,22,23). The Morgan fingerprint density at radius 1 is 1.27 bits per heavy atom. The number of ketones is 1. The molecule has 0 spiro atoms. The third-order valence-electron chi connectivity index (χ3n) is 3.73. The lowest BCUT2D eigenvalue weighted by molar-refractivity contribution is -0.384. The van der Waals surface area contributed by atoms with Gasteiger partial charge >= 0.3 is 5.97 Å². The number of allylic oxidation sites excluding steroid dienone is 1. The molecular formula is C18H18N2O5S. The van der Waals surface area contributed by atoms with Gasteiger partial charge in [0.1, 0.15) is 5.00 Å². The number of nitro benzene ring substituents is 1. The van der Waals surface area contributed by atoms with Gasteiger partial charge in [0, 0.05) is 29.1 Å². The van der Waals surface area contributed by atoms with Crippen molar-refractivity contribution in [1.82, 2.24) is 0 Å². The molecule has 0 amide bonds. The molecule has 1 aromatic heterocycles. The number of anilines is 1. The molecule has 0 aliphatic carbocycles. The summed E-state index contributed by atoms with van der Waals surface area (Å²) in [7, 11) is 0. The van der Waals surface area contributed by atoms with Gasteiger partial charge in [-0.05, 0) is 36.3 Å². The number of rotatable bonds is 7. The molecule has 26 heavy (non-hydrogen) atoms. The van der Waals surface area contributed by atoms with Crippen LogP contribution in [-0.4, -0.2) is 21.8 Å². The molecule has 7 nitrogen and oxygen atoms in total. The Balaban J connectivity index is 2.38. The summed E-state index contributed by atoms with van der Waals surface area (Å²) in [6.07, 6.45) is 2.80. The van der Waals surface area contributed by atoms with Crippen molar-refractivity contribution in [2.75, 3.05) is 5.32 Å². The number of aromatic carboxylic acids is 1. The third kappa shape index (κ3) is 4.15. The molecule has 0 unspecified atom stereocenters. The number of nitrogens with one attached hydrogen (secondary N) is 1. The van der Waals surface area contributed by atoms with E-state index in [1.165, 1.54) is 35.7 Å². The summed E-state index contributed by atoms with van der Waals surface area (Å²) in [5.41, 5.74) is 1.33. The molecule has 0 saturated carbocycles. The number of carboxylic acids is 1. The summed E-state index contributed by atoms with van der Waals surface area (Å²) in [4.78, 5) is 34.2. The fraction of sp³-hybridized carbons (Fsp3) is 0.222. The average Bonchev–Trinajstić information content (AvgIpc) is 2.91. The summed E-state index contributed by atoms with van der Waals surface area (Å²) >= 11 is 1.22. The van der Waals surface area contributed by atoms with Crippen LogP contribution < -0.4 is 5.32 Å². The highest BCUT2D eigenvalue weighted by Crippen LogP contribution is 2.40. The van der Waals surface area contributed by atoms with E-state index < -0.39 is 10.9 Å². The van der Waals surface area contributed by atoms with Crippen molar-refractivity contribution in [1.29, 1.82) is 0 Å². The number of nitrogens with zero attached hydrogens (tertiary/aromatic N) is 1. The van der Waals surface area contributed by atoms with Gasteiger partial charge < -0.3 is 10.4 Å². The Bertz CT molecular complexity index is 882. The van der Waals surface area contributed by atoms with Crippen molar-refractivity contribution in [3.63, 3.8) is 0 Å². The number of carbonyl (C=O) groups is 2. The Labute approximate surface area is 154 Å². The van der Waals surface area contributed by atoms with Crippen LogP contribution in [0.4, 0.5) is 10.7 Å². The highest BCUT2D eigenvalue weighted by atomic mass is 32.1. The van der Waals surface area contributed by atoms with Crippen molar-refractivity contribution < 1.29 is 19.6 Å². The molecule has 8 heteroatoms. The molecule has 0 aliphatic heterocycles. The van der Waals surface area contributed by atoms with Gasteiger partial charge in [-0.1, -0.05) is 13.8 Å². The smallest absolute Gasteiger partial charge is 0.339 e. The second-order valence-corrected chi connectivity index (χ2v) is 6.92. The third-order valence-corrected chi connectivity index (χ3v) is 5.00. The van der Waals surface area contributed by atoms with Crippen molar-refractivity contribution >= 4 is 33.8 Å². The van der Waals surface area contributed by atoms with Crippen LogP contribution in [0.3, 0.4) is 0 Å². The molecule has 0 radical (unpaired) electrons. The normalized spacial score (nSPS) is 11.1. The fourth-order valence-electron chi connectivity index (χ4n) is 2.27. The Morgan fingerprint density at radius 2 is 1.88 bits per heavy atom. The number of carbonyl (C=O) groups excluding carboxylic acids is 1. The minimum atomic E-state index is -1.09. The maximum absolute atomic E-state index is 11.6. The summed E-state index contributed by atoms with van der Waals surface area (Å²) in [5, 5.41) is 23.5. The lowest BCUT2D eigenvalue weighted by Crippen LogP contribution is -2.04. The monoisotopic (exact) mass is 374 g/mol. The van der Waals surface area contributed by atoms with Crippen LogP contribution in [0.5, 0.6) is 0 Å². The van der Waals surface area contributed by atoms with E-state index in [0.29, 0.717) is 21.0 Å². The zero-order chi connectivity index (χ0) is 19.4. The van der Waals surface area contributed by atoms with E-state index in [1.807, 2.05) is 0 Å². The van der Waals surface area contributed by atoms with Gasteiger partial charge in [0.15, 0.2) is 5.78 Å². The largest absolute Gasteiger partial charge is 0.478 e. The summed E-state index contributed by atoms with van der Waals surface area (Å²) in [5.74, 6) is -1.30. The Hall–Kier alpha value is -3.00. The van der Waals surface area contributed by atoms with Gasteiger partial charge in [-0.25, -0.2) is 4.79 Å². The molecular weight excluding hydrogens is 356 g/mol. The molecule has 2 rings (SSSR count). The van der Waals surface area contributed by atoms with Gasteiger partial charge in [0.2, 0.25) is 0 Å². The first-order valence-electron chi connectivity index (χ1n) is 7.80. The first-order valence-corrected chi connectivity index (χ1v) is 8.62. The van der Waals surface area contributed by atoms with Crippen molar-refractivity contribution in [2.24, 2.45) is 5.92 Å². The Morgan fingerprint density at radius 3 is 2.38 bits per heavy atom. The summed E-state index contributed by atoms with van der Waals surface area (Å²) < 4.78 is 0. The number of hydrogen-bond donors (Lipinski definition) is 2. The quantitative estimate of drug-likeness (QED) is 0.420. The Kier molecular flexibility index (Phi) is 5.89. The number of non-ortho nitro benzene ring substituents is 1. The number of benzene rings is 1. The summed E-state index contributed by atoms with van der Waals surface area (Å²) in [6, 6.07) is 5.93. The van der Waals surface area contributed by atoms with Crippen LogP contribution in [0.15, 0.2) is 36.5 Å². The molecule has 0 fully saturated rings. The lowest BCUT2D eigenvalue weighted by atomic mass is 10.1. The second kappa shape index (κ2) is 7.92. The van der Waals surface area contributed by atoms with E-state index in [2.05, 4.69) is 5.32 Å². The van der Waals surface area contributed by atoms with Crippen molar-refractivity contribution in [3.05, 3.63) is 57.8 Å². The van der Waals surface area contributed by atoms with E-state index >= 15 is 0 Å². The zero-order valence-electron chi connectivity index (χ0n) is 14.5. The van der Waals surface area contributed by atoms with Gasteiger partial charge in [-0.3, -0.25) is 14.9 Å². The van der Waals surface area contributed by atoms with Gasteiger partial charge in [0.05, 0.1) is 10.5 Å². The molecule has 0 bridgehead atoms. The van der Waals surface area contributed by atoms with Gasteiger partial charge in [-0.2, -0.15) is 0 Å². The van der Waals surface area contributed by atoms with Crippen molar-refractivity contribution in [2.45, 2.75) is 20.8 Å². The number of thiophene rings is 1. The topological polar surface area (TPSA) is 110 Å². The van der Waals surface area contributed by atoms with Crippen LogP contribution in [-0.2, 0) is 4.79 Å². The van der Waals surface area contributed by atoms with Crippen LogP contribution in [0.25, 0.3) is 10.4 Å². The van der Waals surface area contributed by atoms with Gasteiger partial charge in [-0.15, -0.1) is 11.3 Å². The fourth-order valence-corrected chi connectivity index (χ4v) is 3.46. The van der Waals surface area contributed by atoms with Crippen LogP contribution >= 0.6 is 11.3 Å². The minimum absolute atomic E-state index is 0.0325. The van der Waals surface area contributed by atoms with E-state index in [1.54, 1.807) is 32.9 Å². The zero-order valence-corrected chi connectivity index (χ0v) is 15.3. The second-order valence-electron chi connectivity index (χ2n) is 5.90. The van der Waals surface area contributed by atoms with Crippen LogP contribution in [0, 0.1) is 23.0 Å². The summed E-state index contributed by atoms with van der Waals surface area (Å²) in [6.45, 7) is 5.24. The van der Waals surface area contributed by atoms with Gasteiger partial charge in [0.25, 0.3) is 5.69 Å². The highest BCUT2D eigenvalue weighted by Gasteiger charge is 2.21. The van der Waals surface area contributed by atoms with Crippen LogP contribution in [0.1, 0.15) is 29.8 Å². The van der Waals surface area contributed by atoms with E-state index in [4.69, 9.17) is 0 Å². The maximum atomic E-state index is 11.6. The van der Waals surface area contributed by atoms with E-state index in [9.17, 15) is 24.8 Å². The molecule has 0 saturated heterocycles. The average molecular weight is 374 g/mol. The highest BCUT2D eigenvalue weighted by molar-refractivity contribution is 7.20. The maximum Gasteiger partial charge on any atom is 0.339 e. The number of carboxylic acid groups (broad SMARTS) is 1. The molecule has 1 aromatic carbocycles. The van der Waals surface area contributed by atoms with E-state index in [0.717, 1.165) is 0 Å². The predicted molar refractivity (Wildman–Crippen MR) is 101 cm³/mol. The predicted octanol–water partition coefficient (Wildman–Crippen LogP) is 4.48. The first-order chi connectivity index (χ1) is 12.2.